The van der Waals surface area contributed by atoms with Crippen LogP contribution in [0, 0.1) is 0 Å². The first-order valence-corrected chi connectivity index (χ1v) is 8.35. The summed E-state index contributed by atoms with van der Waals surface area (Å²) in [6.45, 7) is 2.31. The largest absolute Gasteiger partial charge is 0.477 e. The summed E-state index contributed by atoms with van der Waals surface area (Å²) in [7, 11) is 0. The van der Waals surface area contributed by atoms with Crippen molar-refractivity contribution in [1.82, 2.24) is 25.2 Å². The molecule has 25 heavy (non-hydrogen) atoms. The van der Waals surface area contributed by atoms with Crippen molar-refractivity contribution in [1.29, 1.82) is 0 Å². The highest BCUT2D eigenvalue weighted by Gasteiger charge is 2.25. The van der Waals surface area contributed by atoms with Crippen LogP contribution in [0.2, 0.25) is 0 Å². The van der Waals surface area contributed by atoms with Gasteiger partial charge in [-0.15, -0.1) is 0 Å². The van der Waals surface area contributed by atoms with E-state index in [0.717, 1.165) is 31.5 Å². The Balaban J connectivity index is 1.73. The molecule has 0 spiro atoms. The molecular weight excluding hydrogens is 322 g/mol. The highest BCUT2D eigenvalue weighted by Crippen LogP contribution is 2.23. The molecule has 132 valence electrons. The van der Waals surface area contributed by atoms with E-state index in [-0.39, 0.29) is 17.4 Å². The molecule has 8 heteroatoms. The van der Waals surface area contributed by atoms with Crippen LogP contribution in [0.3, 0.4) is 0 Å². The Morgan fingerprint density at radius 3 is 2.80 bits per heavy atom. The highest BCUT2D eigenvalue weighted by atomic mass is 16.4. The number of carbonyl (C=O) groups excluding carboxylic acids is 1. The molecule has 2 aromatic heterocycles. The number of piperidine rings is 1. The fourth-order valence-corrected chi connectivity index (χ4v) is 3.16. The average molecular weight is 343 g/mol. The number of imidazole rings is 1. The molecule has 1 unspecified atom stereocenters. The molecule has 0 aliphatic carbocycles. The number of amides is 1. The van der Waals surface area contributed by atoms with Gasteiger partial charge in [-0.3, -0.25) is 14.7 Å². The molecule has 0 saturated carbocycles. The van der Waals surface area contributed by atoms with Gasteiger partial charge in [-0.25, -0.2) is 9.78 Å². The predicted molar refractivity (Wildman–Crippen MR) is 90.3 cm³/mol. The van der Waals surface area contributed by atoms with Crippen molar-refractivity contribution in [3.05, 3.63) is 47.8 Å². The van der Waals surface area contributed by atoms with E-state index in [9.17, 15) is 9.59 Å². The van der Waals surface area contributed by atoms with Gasteiger partial charge in [0.15, 0.2) is 11.4 Å². The number of rotatable bonds is 6. The Hall–Kier alpha value is -2.74. The molecule has 3 heterocycles. The monoisotopic (exact) mass is 343 g/mol. The third-order valence-electron chi connectivity index (χ3n) is 4.42. The molecule has 1 atom stereocenters. The zero-order valence-electron chi connectivity index (χ0n) is 13.8. The predicted octanol–water partition coefficient (Wildman–Crippen LogP) is 1.46. The van der Waals surface area contributed by atoms with E-state index in [1.807, 2.05) is 18.3 Å². The van der Waals surface area contributed by atoms with Crippen molar-refractivity contribution in [2.45, 2.75) is 25.3 Å². The molecule has 8 nitrogen and oxygen atoms in total. The van der Waals surface area contributed by atoms with Gasteiger partial charge in [0.2, 0.25) is 0 Å². The molecule has 3 rings (SSSR count). The van der Waals surface area contributed by atoms with E-state index in [1.165, 1.54) is 12.7 Å². The minimum absolute atomic E-state index is 0.00479. The molecule has 0 bridgehead atoms. The van der Waals surface area contributed by atoms with Crippen LogP contribution < -0.4 is 5.32 Å². The van der Waals surface area contributed by atoms with Crippen LogP contribution >= 0.6 is 0 Å². The number of carboxylic acid groups (broad SMARTS) is 1. The third-order valence-corrected chi connectivity index (χ3v) is 4.42. The minimum Gasteiger partial charge on any atom is -0.477 e. The Morgan fingerprint density at radius 2 is 2.12 bits per heavy atom. The maximum atomic E-state index is 12.4. The molecule has 1 amide bonds. The number of nitrogens with zero attached hydrogens (tertiary/aromatic N) is 3. The van der Waals surface area contributed by atoms with Crippen LogP contribution in [-0.4, -0.2) is 56.5 Å². The van der Waals surface area contributed by atoms with Crippen LogP contribution in [0.15, 0.2) is 30.9 Å². The summed E-state index contributed by atoms with van der Waals surface area (Å²) >= 11 is 0. The Morgan fingerprint density at radius 1 is 1.32 bits per heavy atom. The Bertz CT molecular complexity index is 725. The first-order valence-electron chi connectivity index (χ1n) is 8.35. The van der Waals surface area contributed by atoms with E-state index in [4.69, 9.17) is 5.11 Å². The molecule has 1 aliphatic heterocycles. The maximum Gasteiger partial charge on any atom is 0.354 e. The van der Waals surface area contributed by atoms with Gasteiger partial charge in [-0.05, 0) is 37.6 Å². The van der Waals surface area contributed by atoms with E-state index in [2.05, 4.69) is 25.2 Å². The third kappa shape index (κ3) is 4.03. The standard InChI is InChI=1S/C17H21N5O3/c23-16(14-15(17(24)25)21-11-20-14)19-10-13(12-5-4-6-18-9-12)22-7-2-1-3-8-22/h4-6,9,11,13H,1-3,7-8,10H2,(H,19,23)(H,20,21)(H,24,25). The molecule has 1 aliphatic rings. The molecule has 0 radical (unpaired) electrons. The van der Waals surface area contributed by atoms with E-state index in [1.54, 1.807) is 6.20 Å². The average Bonchev–Trinajstić information content (AvgIpc) is 3.14. The lowest BCUT2D eigenvalue weighted by molar-refractivity contribution is 0.0684. The molecule has 1 fully saturated rings. The number of carbonyl (C=O) groups is 2. The van der Waals surface area contributed by atoms with Gasteiger partial charge in [-0.2, -0.15) is 0 Å². The first-order chi connectivity index (χ1) is 12.2. The summed E-state index contributed by atoms with van der Waals surface area (Å²) in [5.74, 6) is -1.70. The number of H-pyrrole nitrogens is 1. The number of likely N-dealkylation sites (tertiary alicyclic amines) is 1. The molecule has 3 N–H and O–H groups in total. The zero-order chi connectivity index (χ0) is 17.6. The fourth-order valence-electron chi connectivity index (χ4n) is 3.16. The minimum atomic E-state index is -1.21. The summed E-state index contributed by atoms with van der Waals surface area (Å²) < 4.78 is 0. The van der Waals surface area contributed by atoms with Gasteiger partial charge in [0.25, 0.3) is 5.91 Å². The summed E-state index contributed by atoms with van der Waals surface area (Å²) in [6, 6.07) is 3.88. The van der Waals surface area contributed by atoms with E-state index in [0.29, 0.717) is 6.54 Å². The summed E-state index contributed by atoms with van der Waals surface area (Å²) in [5, 5.41) is 11.9. The number of aromatic carboxylic acids is 1. The quantitative estimate of drug-likeness (QED) is 0.732. The number of hydrogen-bond donors (Lipinski definition) is 3. The van der Waals surface area contributed by atoms with E-state index >= 15 is 0 Å². The maximum absolute atomic E-state index is 12.4. The van der Waals surface area contributed by atoms with Crippen LogP contribution in [0.1, 0.15) is 51.8 Å². The van der Waals surface area contributed by atoms with Crippen LogP contribution in [0.25, 0.3) is 0 Å². The van der Waals surface area contributed by atoms with Crippen LogP contribution in [0.5, 0.6) is 0 Å². The van der Waals surface area contributed by atoms with Crippen molar-refractivity contribution < 1.29 is 14.7 Å². The van der Waals surface area contributed by atoms with Crippen LogP contribution in [-0.2, 0) is 0 Å². The number of aromatic nitrogens is 3. The van der Waals surface area contributed by atoms with Gasteiger partial charge < -0.3 is 15.4 Å². The van der Waals surface area contributed by atoms with Crippen molar-refractivity contribution in [2.24, 2.45) is 0 Å². The Labute approximate surface area is 145 Å². The lowest BCUT2D eigenvalue weighted by Crippen LogP contribution is -2.41. The molecule has 2 aromatic rings. The topological polar surface area (TPSA) is 111 Å². The normalized spacial score (nSPS) is 16.3. The fraction of sp³-hybridized carbons (Fsp3) is 0.412. The number of aromatic amines is 1. The number of pyridine rings is 1. The van der Waals surface area contributed by atoms with Crippen molar-refractivity contribution in [2.75, 3.05) is 19.6 Å². The summed E-state index contributed by atoms with van der Waals surface area (Å²) in [4.78, 5) is 36.3. The van der Waals surface area contributed by atoms with Gasteiger partial charge in [0.05, 0.1) is 12.4 Å². The zero-order valence-corrected chi connectivity index (χ0v) is 13.8. The smallest absolute Gasteiger partial charge is 0.354 e. The second-order valence-corrected chi connectivity index (χ2v) is 6.04. The van der Waals surface area contributed by atoms with Gasteiger partial charge >= 0.3 is 5.97 Å². The molecular formula is C17H21N5O3. The highest BCUT2D eigenvalue weighted by molar-refractivity contribution is 6.02. The lowest BCUT2D eigenvalue weighted by atomic mass is 10.0. The van der Waals surface area contributed by atoms with Crippen molar-refractivity contribution >= 4 is 11.9 Å². The van der Waals surface area contributed by atoms with Gasteiger partial charge in [0.1, 0.15) is 0 Å². The number of carboxylic acids is 1. The SMILES string of the molecule is O=C(NCC(c1cccnc1)N1CCCCC1)c1nc[nH]c1C(=O)O. The number of nitrogens with one attached hydrogen (secondary N) is 2. The lowest BCUT2D eigenvalue weighted by Gasteiger charge is -2.34. The second kappa shape index (κ2) is 7.89. The second-order valence-electron chi connectivity index (χ2n) is 6.04. The Kier molecular flexibility index (Phi) is 5.39. The van der Waals surface area contributed by atoms with Crippen molar-refractivity contribution in [3.8, 4) is 0 Å². The molecule has 1 saturated heterocycles. The van der Waals surface area contributed by atoms with Crippen molar-refractivity contribution in [3.63, 3.8) is 0 Å². The summed E-state index contributed by atoms with van der Waals surface area (Å²) in [6.07, 6.45) is 8.22. The van der Waals surface area contributed by atoms with Crippen LogP contribution in [0.4, 0.5) is 0 Å². The summed E-state index contributed by atoms with van der Waals surface area (Å²) in [5.41, 5.74) is 0.731. The van der Waals surface area contributed by atoms with Gasteiger partial charge in [-0.1, -0.05) is 12.5 Å². The number of hydrogen-bond acceptors (Lipinski definition) is 5. The van der Waals surface area contributed by atoms with Gasteiger partial charge in [0, 0.05) is 18.9 Å². The van der Waals surface area contributed by atoms with E-state index < -0.39 is 11.9 Å². The molecule has 0 aromatic carbocycles. The first kappa shape index (κ1) is 17.1.